The molecule has 0 saturated heterocycles. The van der Waals surface area contributed by atoms with Crippen molar-refractivity contribution in [3.05, 3.63) is 87.9 Å². The first kappa shape index (κ1) is 26.0. The summed E-state index contributed by atoms with van der Waals surface area (Å²) in [5, 5.41) is 24.2. The Morgan fingerprint density at radius 1 is 0.919 bits per heavy atom. The van der Waals surface area contributed by atoms with Gasteiger partial charge in [0.15, 0.2) is 11.2 Å². The molecule has 0 bridgehead atoms. The second-order valence-electron chi connectivity index (χ2n) is 9.30. The summed E-state index contributed by atoms with van der Waals surface area (Å²) in [7, 11) is 3.21. The smallest absolute Gasteiger partial charge is 0.176 e. The van der Waals surface area contributed by atoms with Crippen LogP contribution >= 0.6 is 15.9 Å². The van der Waals surface area contributed by atoms with E-state index in [1.165, 1.54) is 0 Å². The van der Waals surface area contributed by atoms with Crippen LogP contribution in [-0.2, 0) is 20.7 Å². The van der Waals surface area contributed by atoms with E-state index in [0.717, 1.165) is 15.6 Å². The van der Waals surface area contributed by atoms with Gasteiger partial charge in [-0.25, -0.2) is 0 Å². The number of ether oxygens (including phenoxy) is 5. The molecule has 7 nitrogen and oxygen atoms in total. The van der Waals surface area contributed by atoms with Crippen molar-refractivity contribution in [1.29, 1.82) is 0 Å². The van der Waals surface area contributed by atoms with Gasteiger partial charge in [0, 0.05) is 36.7 Å². The van der Waals surface area contributed by atoms with E-state index in [0.29, 0.717) is 49.1 Å². The van der Waals surface area contributed by atoms with Crippen molar-refractivity contribution >= 4 is 15.9 Å². The van der Waals surface area contributed by atoms with Crippen LogP contribution in [0.2, 0.25) is 0 Å². The molecule has 37 heavy (non-hydrogen) atoms. The number of fused-ring (bicyclic) bond motifs is 3. The molecule has 4 atom stereocenters. The molecular weight excluding hydrogens is 540 g/mol. The predicted molar refractivity (Wildman–Crippen MR) is 141 cm³/mol. The van der Waals surface area contributed by atoms with E-state index in [9.17, 15) is 10.2 Å². The van der Waals surface area contributed by atoms with Gasteiger partial charge in [0.1, 0.15) is 30.5 Å². The van der Waals surface area contributed by atoms with E-state index in [2.05, 4.69) is 15.9 Å². The Labute approximate surface area is 225 Å². The van der Waals surface area contributed by atoms with Crippen LogP contribution in [0.25, 0.3) is 0 Å². The van der Waals surface area contributed by atoms with E-state index in [4.69, 9.17) is 23.7 Å². The van der Waals surface area contributed by atoms with Gasteiger partial charge >= 0.3 is 0 Å². The van der Waals surface area contributed by atoms with Crippen LogP contribution < -0.4 is 14.2 Å². The third-order valence-corrected chi connectivity index (χ3v) is 7.79. The Bertz CT molecular complexity index is 1220. The molecule has 0 amide bonds. The van der Waals surface area contributed by atoms with Crippen molar-refractivity contribution < 1.29 is 33.9 Å². The first-order valence-electron chi connectivity index (χ1n) is 12.3. The maximum Gasteiger partial charge on any atom is 0.176 e. The fourth-order valence-corrected chi connectivity index (χ4v) is 5.94. The summed E-state index contributed by atoms with van der Waals surface area (Å²) in [6.45, 7) is 1.36. The standard InChI is InChI=1S/C29H31BrO7/c1-33-12-14-35-22-16-24(36-15-13-34-2)27-25(17-22)37-29(20-8-10-21(30)11-9-20)23(18-26(31)28(27,29)32)19-6-4-3-5-7-19/h3-11,16-17,23,26,31-32H,12-15,18H2,1-2H3/t23-,26+,28+,29-/m0/s1. The molecule has 2 N–H and O–H groups in total. The number of aliphatic hydroxyl groups excluding tert-OH is 1. The largest absolute Gasteiger partial charge is 0.491 e. The summed E-state index contributed by atoms with van der Waals surface area (Å²) >= 11 is 3.51. The highest BCUT2D eigenvalue weighted by Gasteiger charge is 2.73. The van der Waals surface area contributed by atoms with Gasteiger partial charge in [-0.2, -0.15) is 0 Å². The zero-order chi connectivity index (χ0) is 26.0. The zero-order valence-electron chi connectivity index (χ0n) is 20.9. The number of hydrogen-bond acceptors (Lipinski definition) is 7. The van der Waals surface area contributed by atoms with Crippen molar-refractivity contribution in [2.24, 2.45) is 0 Å². The van der Waals surface area contributed by atoms with Crippen molar-refractivity contribution in [2.45, 2.75) is 29.6 Å². The summed E-state index contributed by atoms with van der Waals surface area (Å²) < 4.78 is 30.0. The third kappa shape index (κ3) is 4.30. The van der Waals surface area contributed by atoms with Gasteiger partial charge in [0.25, 0.3) is 0 Å². The molecule has 0 aromatic heterocycles. The van der Waals surface area contributed by atoms with Crippen LogP contribution in [-0.4, -0.2) is 57.0 Å². The average Bonchev–Trinajstić information content (AvgIpc) is 3.30. The summed E-state index contributed by atoms with van der Waals surface area (Å²) in [5.74, 6) is 0.971. The minimum atomic E-state index is -1.79. The van der Waals surface area contributed by atoms with Crippen LogP contribution in [0.3, 0.4) is 0 Å². The third-order valence-electron chi connectivity index (χ3n) is 7.27. The molecule has 1 fully saturated rings. The lowest BCUT2D eigenvalue weighted by Gasteiger charge is -2.40. The Balaban J connectivity index is 1.70. The number of benzene rings is 3. The highest BCUT2D eigenvalue weighted by Crippen LogP contribution is 2.68. The molecule has 1 heterocycles. The lowest BCUT2D eigenvalue weighted by atomic mass is 9.71. The summed E-state index contributed by atoms with van der Waals surface area (Å²) in [6, 6.07) is 21.0. The van der Waals surface area contributed by atoms with Crippen molar-refractivity contribution in [3.8, 4) is 17.2 Å². The molecule has 0 radical (unpaired) electrons. The second kappa shape index (κ2) is 10.6. The summed E-state index contributed by atoms with van der Waals surface area (Å²) in [4.78, 5) is 0. The van der Waals surface area contributed by atoms with Gasteiger partial charge < -0.3 is 33.9 Å². The van der Waals surface area contributed by atoms with Crippen LogP contribution in [0.4, 0.5) is 0 Å². The maximum absolute atomic E-state index is 12.6. The highest BCUT2D eigenvalue weighted by atomic mass is 79.9. The van der Waals surface area contributed by atoms with Gasteiger partial charge in [-0.3, -0.25) is 0 Å². The number of halogens is 1. The lowest BCUT2D eigenvalue weighted by molar-refractivity contribution is -0.150. The zero-order valence-corrected chi connectivity index (χ0v) is 22.4. The van der Waals surface area contributed by atoms with Gasteiger partial charge in [0.05, 0.1) is 24.9 Å². The van der Waals surface area contributed by atoms with E-state index >= 15 is 0 Å². The molecule has 3 aromatic rings. The predicted octanol–water partition coefficient (Wildman–Crippen LogP) is 4.52. The van der Waals surface area contributed by atoms with Crippen LogP contribution in [0.1, 0.15) is 29.0 Å². The number of hydrogen-bond donors (Lipinski definition) is 2. The van der Waals surface area contributed by atoms with Crippen molar-refractivity contribution in [1.82, 2.24) is 0 Å². The van der Waals surface area contributed by atoms with E-state index in [1.54, 1.807) is 26.4 Å². The highest BCUT2D eigenvalue weighted by molar-refractivity contribution is 9.10. The molecule has 0 unspecified atom stereocenters. The summed E-state index contributed by atoms with van der Waals surface area (Å²) in [5.41, 5.74) is -0.960. The van der Waals surface area contributed by atoms with Crippen molar-refractivity contribution in [2.75, 3.05) is 40.6 Å². The topological polar surface area (TPSA) is 86.6 Å². The Morgan fingerprint density at radius 2 is 1.59 bits per heavy atom. The molecule has 196 valence electrons. The Hall–Kier alpha value is -2.62. The normalized spacial score (nSPS) is 25.9. The molecular formula is C29H31BrO7. The Morgan fingerprint density at radius 3 is 2.27 bits per heavy atom. The van der Waals surface area contributed by atoms with Crippen LogP contribution in [0.15, 0.2) is 71.2 Å². The lowest BCUT2D eigenvalue weighted by Crippen LogP contribution is -2.52. The Kier molecular flexibility index (Phi) is 7.47. The fraction of sp³-hybridized carbons (Fsp3) is 0.379. The number of aliphatic hydroxyl groups is 2. The second-order valence-corrected chi connectivity index (χ2v) is 10.2. The molecule has 1 aliphatic heterocycles. The molecule has 0 spiro atoms. The van der Waals surface area contributed by atoms with Gasteiger partial charge in [-0.1, -0.05) is 58.4 Å². The van der Waals surface area contributed by atoms with Crippen LogP contribution in [0.5, 0.6) is 17.2 Å². The van der Waals surface area contributed by atoms with E-state index in [-0.39, 0.29) is 12.5 Å². The first-order valence-corrected chi connectivity index (χ1v) is 13.1. The van der Waals surface area contributed by atoms with E-state index < -0.39 is 17.3 Å². The SMILES string of the molecule is COCCOc1cc(OCCOC)c2c(c1)O[C@@]1(c3ccc(Br)cc3)[C@H](c3ccccc3)C[C@@H](O)[C@@]21O. The molecule has 1 saturated carbocycles. The van der Waals surface area contributed by atoms with Gasteiger partial charge in [-0.05, 0) is 29.7 Å². The first-order chi connectivity index (χ1) is 18.0. The molecule has 5 rings (SSSR count). The molecule has 8 heteroatoms. The molecule has 3 aromatic carbocycles. The monoisotopic (exact) mass is 570 g/mol. The molecule has 2 aliphatic rings. The minimum Gasteiger partial charge on any atom is -0.491 e. The average molecular weight is 571 g/mol. The minimum absolute atomic E-state index is 0.254. The number of methoxy groups -OCH3 is 2. The summed E-state index contributed by atoms with van der Waals surface area (Å²) in [6.07, 6.45) is -0.813. The van der Waals surface area contributed by atoms with Gasteiger partial charge in [0.2, 0.25) is 0 Å². The molecule has 1 aliphatic carbocycles. The quantitative estimate of drug-likeness (QED) is 0.346. The fourth-order valence-electron chi connectivity index (χ4n) is 5.68. The maximum atomic E-state index is 12.6. The van der Waals surface area contributed by atoms with Crippen molar-refractivity contribution in [3.63, 3.8) is 0 Å². The van der Waals surface area contributed by atoms with Crippen LogP contribution in [0, 0.1) is 0 Å². The number of rotatable bonds is 10. The van der Waals surface area contributed by atoms with Gasteiger partial charge in [-0.15, -0.1) is 0 Å². The van der Waals surface area contributed by atoms with E-state index in [1.807, 2.05) is 54.6 Å².